The van der Waals surface area contributed by atoms with Gasteiger partial charge >= 0.3 is 0 Å². The summed E-state index contributed by atoms with van der Waals surface area (Å²) < 4.78 is 28.7. The molecule has 0 radical (unpaired) electrons. The van der Waals surface area contributed by atoms with Crippen molar-refractivity contribution < 1.29 is 13.6 Å². The summed E-state index contributed by atoms with van der Waals surface area (Å²) in [4.78, 5) is 12.6. The van der Waals surface area contributed by atoms with Gasteiger partial charge in [0.05, 0.1) is 5.69 Å². The number of rotatable bonds is 3. The van der Waals surface area contributed by atoms with Crippen molar-refractivity contribution in [3.05, 3.63) is 47.7 Å². The summed E-state index contributed by atoms with van der Waals surface area (Å²) in [7, 11) is 1.71. The number of hydrogen-bond donors (Lipinski definition) is 2. The van der Waals surface area contributed by atoms with Gasteiger partial charge in [-0.05, 0) is 43.5 Å². The van der Waals surface area contributed by atoms with Gasteiger partial charge in [0.1, 0.15) is 17.3 Å². The second-order valence-corrected chi connectivity index (χ2v) is 6.65. The maximum absolute atomic E-state index is 14.0. The summed E-state index contributed by atoms with van der Waals surface area (Å²) >= 11 is 0. The van der Waals surface area contributed by atoms with Gasteiger partial charge in [-0.25, -0.2) is 8.78 Å². The molecule has 2 aliphatic heterocycles. The number of nitrogens with zero attached hydrogens (tertiary/aromatic N) is 1. The van der Waals surface area contributed by atoms with Gasteiger partial charge in [-0.15, -0.1) is 0 Å². The quantitative estimate of drug-likeness (QED) is 0.908. The lowest BCUT2D eigenvalue weighted by Gasteiger charge is -2.21. The van der Waals surface area contributed by atoms with E-state index in [-0.39, 0.29) is 17.5 Å². The van der Waals surface area contributed by atoms with Gasteiger partial charge in [-0.3, -0.25) is 4.79 Å². The van der Waals surface area contributed by atoms with Crippen LogP contribution in [-0.4, -0.2) is 28.6 Å². The third kappa shape index (κ3) is 2.51. The number of carbonyl (C=O) groups excluding carboxylic acids is 1. The number of halogens is 2. The molecule has 1 amide bonds. The molecule has 2 aliphatic rings. The topological polar surface area (TPSA) is 46.1 Å². The Bertz CT molecular complexity index is 802. The molecule has 6 heteroatoms. The summed E-state index contributed by atoms with van der Waals surface area (Å²) in [5, 5.41) is 6.57. The first-order chi connectivity index (χ1) is 11.5. The van der Waals surface area contributed by atoms with Gasteiger partial charge in [0.2, 0.25) is 0 Å². The second kappa shape index (κ2) is 5.70. The molecule has 3 atom stereocenters. The first-order valence-corrected chi connectivity index (χ1v) is 8.21. The summed E-state index contributed by atoms with van der Waals surface area (Å²) in [6, 6.07) is 7.83. The van der Waals surface area contributed by atoms with Gasteiger partial charge in [-0.2, -0.15) is 0 Å². The third-order valence-corrected chi connectivity index (χ3v) is 5.18. The second-order valence-electron chi connectivity index (χ2n) is 6.65. The van der Waals surface area contributed by atoms with E-state index >= 15 is 0 Å². The van der Waals surface area contributed by atoms with Crippen molar-refractivity contribution in [1.82, 2.24) is 15.2 Å². The summed E-state index contributed by atoms with van der Waals surface area (Å²) in [6.45, 7) is 0. The van der Waals surface area contributed by atoms with Crippen LogP contribution in [0.1, 0.15) is 29.8 Å². The number of nitrogens with one attached hydrogen (secondary N) is 2. The molecule has 126 valence electrons. The van der Waals surface area contributed by atoms with Crippen molar-refractivity contribution >= 4 is 5.91 Å². The summed E-state index contributed by atoms with van der Waals surface area (Å²) in [5.74, 6) is -1.42. The molecule has 2 N–H and O–H groups in total. The predicted molar refractivity (Wildman–Crippen MR) is 86.6 cm³/mol. The first-order valence-electron chi connectivity index (χ1n) is 8.21. The van der Waals surface area contributed by atoms with E-state index in [1.807, 2.05) is 0 Å². The van der Waals surface area contributed by atoms with Crippen LogP contribution in [0, 0.1) is 11.6 Å². The van der Waals surface area contributed by atoms with Crippen LogP contribution in [0.3, 0.4) is 0 Å². The molecular weight excluding hydrogens is 312 g/mol. The number of benzene rings is 1. The van der Waals surface area contributed by atoms with Crippen LogP contribution in [0.15, 0.2) is 30.3 Å². The van der Waals surface area contributed by atoms with E-state index in [1.54, 1.807) is 23.7 Å². The van der Waals surface area contributed by atoms with E-state index in [1.165, 1.54) is 18.6 Å². The average Bonchev–Trinajstić information content (AvgIpc) is 3.23. The molecule has 0 aliphatic carbocycles. The Labute approximate surface area is 138 Å². The van der Waals surface area contributed by atoms with Crippen LogP contribution < -0.4 is 10.6 Å². The number of fused-ring (bicyclic) bond motifs is 2. The monoisotopic (exact) mass is 331 g/mol. The first kappa shape index (κ1) is 15.3. The highest BCUT2D eigenvalue weighted by atomic mass is 19.1. The van der Waals surface area contributed by atoms with Crippen molar-refractivity contribution in [2.24, 2.45) is 7.05 Å². The molecule has 0 spiro atoms. The maximum atomic E-state index is 14.0. The van der Waals surface area contributed by atoms with Crippen molar-refractivity contribution in [3.63, 3.8) is 0 Å². The Morgan fingerprint density at radius 3 is 2.75 bits per heavy atom. The van der Waals surface area contributed by atoms with Crippen LogP contribution >= 0.6 is 0 Å². The van der Waals surface area contributed by atoms with Gasteiger partial charge in [0.25, 0.3) is 5.91 Å². The highest BCUT2D eigenvalue weighted by Gasteiger charge is 2.39. The molecule has 3 heterocycles. The molecule has 2 aromatic rings. The molecule has 0 unspecified atom stereocenters. The fourth-order valence-electron chi connectivity index (χ4n) is 3.93. The van der Waals surface area contributed by atoms with Crippen LogP contribution in [0.2, 0.25) is 0 Å². The molecular formula is C18H19F2N3O. The summed E-state index contributed by atoms with van der Waals surface area (Å²) in [6.07, 6.45) is 3.23. The summed E-state index contributed by atoms with van der Waals surface area (Å²) in [5.41, 5.74) is 1.29. The Hall–Kier alpha value is -2.21. The number of hydrogen-bond acceptors (Lipinski definition) is 2. The zero-order chi connectivity index (χ0) is 16.8. The van der Waals surface area contributed by atoms with Crippen LogP contribution in [0.4, 0.5) is 8.78 Å². The lowest BCUT2D eigenvalue weighted by Crippen LogP contribution is -2.43. The van der Waals surface area contributed by atoms with Gasteiger partial charge in [0, 0.05) is 36.8 Å². The van der Waals surface area contributed by atoms with Crippen molar-refractivity contribution in [2.75, 3.05) is 0 Å². The molecule has 4 rings (SSSR count). The minimum Gasteiger partial charge on any atom is -0.346 e. The van der Waals surface area contributed by atoms with E-state index in [2.05, 4.69) is 10.6 Å². The maximum Gasteiger partial charge on any atom is 0.268 e. The smallest absolute Gasteiger partial charge is 0.268 e. The Kier molecular flexibility index (Phi) is 3.64. The van der Waals surface area contributed by atoms with Gasteiger partial charge < -0.3 is 15.2 Å². The highest BCUT2D eigenvalue weighted by molar-refractivity contribution is 5.94. The largest absolute Gasteiger partial charge is 0.346 e. The number of carbonyl (C=O) groups is 1. The predicted octanol–water partition coefficient (Wildman–Crippen LogP) is 2.59. The van der Waals surface area contributed by atoms with Crippen LogP contribution in [-0.2, 0) is 7.05 Å². The third-order valence-electron chi connectivity index (χ3n) is 5.18. The lowest BCUT2D eigenvalue weighted by atomic mass is 9.95. The van der Waals surface area contributed by atoms with Crippen LogP contribution in [0.25, 0.3) is 11.3 Å². The Morgan fingerprint density at radius 2 is 2.08 bits per heavy atom. The van der Waals surface area contributed by atoms with E-state index in [4.69, 9.17) is 0 Å². The van der Waals surface area contributed by atoms with Crippen molar-refractivity contribution in [1.29, 1.82) is 0 Å². The molecule has 4 nitrogen and oxygen atoms in total. The number of aromatic nitrogens is 1. The zero-order valence-corrected chi connectivity index (χ0v) is 13.4. The minimum atomic E-state index is -0.638. The minimum absolute atomic E-state index is 0.150. The van der Waals surface area contributed by atoms with E-state index in [9.17, 15) is 13.6 Å². The fourth-order valence-corrected chi connectivity index (χ4v) is 3.93. The molecule has 2 bridgehead atoms. The van der Waals surface area contributed by atoms with Crippen molar-refractivity contribution in [3.8, 4) is 11.3 Å². The Morgan fingerprint density at radius 1 is 1.25 bits per heavy atom. The molecule has 0 saturated carbocycles. The highest BCUT2D eigenvalue weighted by Crippen LogP contribution is 2.29. The SMILES string of the molecule is Cn1c(C(=O)N[C@@H]2C[C@H]3CC[C@@H]2N3)ccc1-c1ccc(F)cc1F. The fraction of sp³-hybridized carbons (Fsp3) is 0.389. The van der Waals surface area contributed by atoms with Crippen LogP contribution in [0.5, 0.6) is 0 Å². The van der Waals surface area contributed by atoms with Gasteiger partial charge in [-0.1, -0.05) is 0 Å². The number of amides is 1. The van der Waals surface area contributed by atoms with Gasteiger partial charge in [0.15, 0.2) is 0 Å². The van der Waals surface area contributed by atoms with E-state index in [0.717, 1.165) is 18.9 Å². The normalized spacial score (nSPS) is 25.2. The zero-order valence-electron chi connectivity index (χ0n) is 13.4. The molecule has 24 heavy (non-hydrogen) atoms. The molecule has 2 saturated heterocycles. The molecule has 1 aromatic heterocycles. The van der Waals surface area contributed by atoms with E-state index in [0.29, 0.717) is 23.5 Å². The average molecular weight is 331 g/mol. The van der Waals surface area contributed by atoms with Crippen molar-refractivity contribution in [2.45, 2.75) is 37.4 Å². The Balaban J connectivity index is 1.56. The molecule has 2 fully saturated rings. The molecule has 1 aromatic carbocycles. The lowest BCUT2D eigenvalue weighted by molar-refractivity contribution is 0.0923. The standard InChI is InChI=1S/C18H19F2N3O/c1-23-16(12-4-2-10(19)8-13(12)20)6-7-17(23)18(24)22-15-9-11-3-5-14(15)21-11/h2,4,6-8,11,14-15,21H,3,5,9H2,1H3,(H,22,24)/t11-,14+,15-/m1/s1. The van der Waals surface area contributed by atoms with E-state index < -0.39 is 11.6 Å².